The van der Waals surface area contributed by atoms with Gasteiger partial charge in [-0.15, -0.1) is 5.10 Å². The molecule has 0 aliphatic rings. The highest BCUT2D eigenvalue weighted by atomic mass is 16.4. The number of para-hydroxylation sites is 1. The number of carbonyl (C=O) groups is 1. The number of nitrogens with one attached hydrogen (secondary N) is 1. The van der Waals surface area contributed by atoms with Crippen LogP contribution >= 0.6 is 0 Å². The van der Waals surface area contributed by atoms with Gasteiger partial charge in [0.1, 0.15) is 0 Å². The highest BCUT2D eigenvalue weighted by Crippen LogP contribution is 2.14. The van der Waals surface area contributed by atoms with Crippen LogP contribution in [0.25, 0.3) is 0 Å². The van der Waals surface area contributed by atoms with Gasteiger partial charge in [0.15, 0.2) is 0 Å². The van der Waals surface area contributed by atoms with Crippen LogP contribution in [0, 0.1) is 0 Å². The molecule has 1 heterocycles. The molecule has 1 aromatic carbocycles. The van der Waals surface area contributed by atoms with Gasteiger partial charge in [-0.05, 0) is 12.1 Å². The third-order valence-electron chi connectivity index (χ3n) is 2.29. The van der Waals surface area contributed by atoms with Crippen molar-refractivity contribution in [3.8, 4) is 0 Å². The minimum atomic E-state index is -0.936. The summed E-state index contributed by atoms with van der Waals surface area (Å²) in [4.78, 5) is 10.9. The number of nitrogens with zero attached hydrogens (tertiary/aromatic N) is 3. The Bertz CT molecular complexity index is 496. The maximum Gasteiger partial charge on any atom is 0.337 e. The van der Waals surface area contributed by atoms with Gasteiger partial charge >= 0.3 is 5.97 Å². The third-order valence-corrected chi connectivity index (χ3v) is 2.29. The zero-order valence-corrected chi connectivity index (χ0v) is 9.08. The molecule has 0 atom stereocenters. The zero-order chi connectivity index (χ0) is 12.1. The van der Waals surface area contributed by atoms with Gasteiger partial charge in [-0.3, -0.25) is 4.68 Å². The monoisotopic (exact) mass is 232 g/mol. The van der Waals surface area contributed by atoms with Crippen molar-refractivity contribution in [2.45, 2.75) is 6.54 Å². The van der Waals surface area contributed by atoms with Crippen LogP contribution in [0.15, 0.2) is 36.7 Å². The molecule has 0 amide bonds. The van der Waals surface area contributed by atoms with E-state index in [2.05, 4.69) is 15.6 Å². The van der Waals surface area contributed by atoms with Crippen molar-refractivity contribution in [2.24, 2.45) is 0 Å². The fourth-order valence-electron chi connectivity index (χ4n) is 1.48. The molecule has 0 aliphatic carbocycles. The lowest BCUT2D eigenvalue weighted by Gasteiger charge is -2.08. The Hall–Kier alpha value is -2.37. The molecule has 2 aromatic rings. The van der Waals surface area contributed by atoms with Gasteiger partial charge in [0.2, 0.25) is 0 Å². The van der Waals surface area contributed by atoms with Crippen molar-refractivity contribution in [1.29, 1.82) is 0 Å². The van der Waals surface area contributed by atoms with Crippen molar-refractivity contribution in [3.05, 3.63) is 42.2 Å². The van der Waals surface area contributed by atoms with Crippen molar-refractivity contribution < 1.29 is 9.90 Å². The second kappa shape index (κ2) is 5.11. The first-order chi connectivity index (χ1) is 8.27. The number of rotatable bonds is 5. The molecule has 0 fully saturated rings. The van der Waals surface area contributed by atoms with Gasteiger partial charge in [0, 0.05) is 18.4 Å². The standard InChI is InChI=1S/C11H12N4O2/c16-11(17)9-3-1-2-4-10(9)12-5-7-15-8-6-13-14-15/h1-4,6,8,12H,5,7H2,(H,16,17). The lowest BCUT2D eigenvalue weighted by atomic mass is 10.2. The molecular formula is C11H12N4O2. The predicted molar refractivity (Wildman–Crippen MR) is 61.9 cm³/mol. The average molecular weight is 232 g/mol. The fourth-order valence-corrected chi connectivity index (χ4v) is 1.48. The second-order valence-electron chi connectivity index (χ2n) is 3.44. The summed E-state index contributed by atoms with van der Waals surface area (Å²) in [6.45, 7) is 1.22. The third kappa shape index (κ3) is 2.81. The lowest BCUT2D eigenvalue weighted by Crippen LogP contribution is -2.13. The molecule has 0 radical (unpaired) electrons. The van der Waals surface area contributed by atoms with Crippen molar-refractivity contribution in [2.75, 3.05) is 11.9 Å². The van der Waals surface area contributed by atoms with Crippen LogP contribution in [0.4, 0.5) is 5.69 Å². The summed E-state index contributed by atoms with van der Waals surface area (Å²) in [6, 6.07) is 6.81. The van der Waals surface area contributed by atoms with Crippen LogP contribution in [0.5, 0.6) is 0 Å². The van der Waals surface area contributed by atoms with Gasteiger partial charge in [-0.2, -0.15) is 0 Å². The van der Waals surface area contributed by atoms with E-state index in [0.717, 1.165) is 0 Å². The molecular weight excluding hydrogens is 220 g/mol. The van der Waals surface area contributed by atoms with E-state index in [4.69, 9.17) is 5.11 Å². The zero-order valence-electron chi connectivity index (χ0n) is 9.08. The first-order valence-corrected chi connectivity index (χ1v) is 5.17. The van der Waals surface area contributed by atoms with Gasteiger partial charge in [0.05, 0.1) is 18.3 Å². The number of aromatic carboxylic acids is 1. The summed E-state index contributed by atoms with van der Waals surface area (Å²) < 4.78 is 1.68. The largest absolute Gasteiger partial charge is 0.478 e. The predicted octanol–water partition coefficient (Wildman–Crippen LogP) is 1.09. The minimum absolute atomic E-state index is 0.270. The Morgan fingerprint density at radius 1 is 1.41 bits per heavy atom. The summed E-state index contributed by atoms with van der Waals surface area (Å²) in [5, 5.41) is 19.5. The number of aromatic nitrogens is 3. The Morgan fingerprint density at radius 3 is 2.94 bits per heavy atom. The minimum Gasteiger partial charge on any atom is -0.478 e. The number of hydrogen-bond acceptors (Lipinski definition) is 4. The van der Waals surface area contributed by atoms with E-state index in [1.54, 1.807) is 41.3 Å². The Balaban J connectivity index is 1.97. The Morgan fingerprint density at radius 2 is 2.24 bits per heavy atom. The van der Waals surface area contributed by atoms with Crippen LogP contribution < -0.4 is 5.32 Å². The first kappa shape index (κ1) is 11.1. The summed E-state index contributed by atoms with van der Waals surface area (Å²) >= 11 is 0. The molecule has 88 valence electrons. The molecule has 2 rings (SSSR count). The number of carboxylic acid groups (broad SMARTS) is 1. The first-order valence-electron chi connectivity index (χ1n) is 5.17. The molecule has 0 aliphatic heterocycles. The number of carboxylic acids is 1. The van der Waals surface area contributed by atoms with E-state index in [-0.39, 0.29) is 5.56 Å². The molecule has 17 heavy (non-hydrogen) atoms. The maximum atomic E-state index is 10.9. The van der Waals surface area contributed by atoms with Crippen LogP contribution in [-0.4, -0.2) is 32.6 Å². The molecule has 2 N–H and O–H groups in total. The summed E-state index contributed by atoms with van der Waals surface area (Å²) in [6.07, 6.45) is 3.36. The smallest absolute Gasteiger partial charge is 0.337 e. The highest BCUT2D eigenvalue weighted by molar-refractivity contribution is 5.94. The van der Waals surface area contributed by atoms with Gasteiger partial charge in [-0.25, -0.2) is 4.79 Å². The molecule has 0 spiro atoms. The molecule has 6 heteroatoms. The SMILES string of the molecule is O=C(O)c1ccccc1NCCn1ccnn1. The van der Waals surface area contributed by atoms with Crippen LogP contribution in [-0.2, 0) is 6.54 Å². The normalized spacial score (nSPS) is 10.1. The molecule has 0 unspecified atom stereocenters. The van der Waals surface area contributed by atoms with E-state index in [0.29, 0.717) is 18.8 Å². The molecule has 0 bridgehead atoms. The molecule has 1 aromatic heterocycles. The Kier molecular flexibility index (Phi) is 3.34. The van der Waals surface area contributed by atoms with Gasteiger partial charge < -0.3 is 10.4 Å². The number of benzene rings is 1. The van der Waals surface area contributed by atoms with Crippen LogP contribution in [0.2, 0.25) is 0 Å². The van der Waals surface area contributed by atoms with Gasteiger partial charge in [0.25, 0.3) is 0 Å². The van der Waals surface area contributed by atoms with E-state index in [9.17, 15) is 4.79 Å². The molecule has 6 nitrogen and oxygen atoms in total. The van der Waals surface area contributed by atoms with Crippen molar-refractivity contribution in [1.82, 2.24) is 15.0 Å². The second-order valence-corrected chi connectivity index (χ2v) is 3.44. The van der Waals surface area contributed by atoms with Crippen molar-refractivity contribution >= 4 is 11.7 Å². The summed E-state index contributed by atoms with van der Waals surface area (Å²) in [5.74, 6) is -0.936. The van der Waals surface area contributed by atoms with Gasteiger partial charge in [-0.1, -0.05) is 17.3 Å². The summed E-state index contributed by atoms with van der Waals surface area (Å²) in [5.41, 5.74) is 0.881. The van der Waals surface area contributed by atoms with E-state index in [1.807, 2.05) is 0 Å². The van der Waals surface area contributed by atoms with E-state index >= 15 is 0 Å². The quantitative estimate of drug-likeness (QED) is 0.806. The van der Waals surface area contributed by atoms with Crippen LogP contribution in [0.3, 0.4) is 0 Å². The Labute approximate surface area is 97.9 Å². The van der Waals surface area contributed by atoms with Crippen molar-refractivity contribution in [3.63, 3.8) is 0 Å². The number of anilines is 1. The topological polar surface area (TPSA) is 80.0 Å². The fraction of sp³-hybridized carbons (Fsp3) is 0.182. The van der Waals surface area contributed by atoms with E-state index in [1.165, 1.54) is 0 Å². The lowest BCUT2D eigenvalue weighted by molar-refractivity contribution is 0.0698. The highest BCUT2D eigenvalue weighted by Gasteiger charge is 2.07. The van der Waals surface area contributed by atoms with E-state index < -0.39 is 5.97 Å². The number of hydrogen-bond donors (Lipinski definition) is 2. The maximum absolute atomic E-state index is 10.9. The average Bonchev–Trinajstić information content (AvgIpc) is 2.82. The van der Waals surface area contributed by atoms with Crippen LogP contribution in [0.1, 0.15) is 10.4 Å². The molecule has 0 saturated carbocycles. The summed E-state index contributed by atoms with van der Waals surface area (Å²) in [7, 11) is 0. The molecule has 0 saturated heterocycles.